The van der Waals surface area contributed by atoms with Gasteiger partial charge in [0.25, 0.3) is 5.91 Å². The predicted octanol–water partition coefficient (Wildman–Crippen LogP) is 8.53. The van der Waals surface area contributed by atoms with E-state index < -0.39 is 12.0 Å². The highest BCUT2D eigenvalue weighted by atomic mass is 32.2. The van der Waals surface area contributed by atoms with Crippen LogP contribution in [0.5, 0.6) is 0 Å². The number of nitrogens with zero attached hydrogens (tertiary/aromatic N) is 1. The molecule has 0 saturated heterocycles. The molecule has 43 heavy (non-hydrogen) atoms. The van der Waals surface area contributed by atoms with Crippen molar-refractivity contribution in [2.75, 3.05) is 23.5 Å². The van der Waals surface area contributed by atoms with Gasteiger partial charge in [0.15, 0.2) is 0 Å². The van der Waals surface area contributed by atoms with Crippen molar-refractivity contribution in [3.8, 4) is 11.1 Å². The monoisotopic (exact) mass is 600 g/mol. The van der Waals surface area contributed by atoms with Gasteiger partial charge in [0.05, 0.1) is 0 Å². The summed E-state index contributed by atoms with van der Waals surface area (Å²) in [6, 6.07) is 22.1. The van der Waals surface area contributed by atoms with Crippen molar-refractivity contribution in [3.05, 3.63) is 89.0 Å². The zero-order valence-corrected chi connectivity index (χ0v) is 26.9. The van der Waals surface area contributed by atoms with Gasteiger partial charge in [0.1, 0.15) is 6.04 Å². The third-order valence-electron chi connectivity index (χ3n) is 8.69. The number of nitrogens with one attached hydrogen (secondary N) is 1. The van der Waals surface area contributed by atoms with Crippen LogP contribution in [-0.2, 0) is 17.8 Å². The van der Waals surface area contributed by atoms with E-state index in [0.717, 1.165) is 41.8 Å². The van der Waals surface area contributed by atoms with Crippen molar-refractivity contribution in [2.24, 2.45) is 5.92 Å². The number of aryl methyl sites for hydroxylation is 2. The molecule has 0 unspecified atom stereocenters. The number of carboxylic acid groups (broad SMARTS) is 1. The zero-order chi connectivity index (χ0) is 30.6. The third kappa shape index (κ3) is 9.12. The minimum absolute atomic E-state index is 0.345. The molecule has 0 spiro atoms. The van der Waals surface area contributed by atoms with E-state index in [4.69, 9.17) is 0 Å². The first-order chi connectivity index (χ1) is 20.9. The number of carboxylic acids is 1. The molecule has 0 radical (unpaired) electrons. The second-order valence-corrected chi connectivity index (χ2v) is 12.9. The maximum absolute atomic E-state index is 13.6. The lowest BCUT2D eigenvalue weighted by Crippen LogP contribution is -2.41. The molecule has 4 rings (SSSR count). The number of benzene rings is 3. The fourth-order valence-corrected chi connectivity index (χ4v) is 6.73. The second kappa shape index (κ2) is 16.6. The van der Waals surface area contributed by atoms with Crippen molar-refractivity contribution in [2.45, 2.75) is 84.2 Å². The lowest BCUT2D eigenvalue weighted by molar-refractivity contribution is -0.139. The number of hydrogen-bond donors (Lipinski definition) is 2. The molecule has 5 nitrogen and oxygen atoms in total. The maximum atomic E-state index is 13.6. The molecule has 1 aliphatic carbocycles. The number of carbonyl (C=O) groups excluding carboxylic acids is 1. The molecule has 0 aliphatic heterocycles. The van der Waals surface area contributed by atoms with Crippen molar-refractivity contribution in [1.29, 1.82) is 0 Å². The average Bonchev–Trinajstić information content (AvgIpc) is 3.02. The second-order valence-electron chi connectivity index (χ2n) is 12.0. The number of amides is 1. The summed E-state index contributed by atoms with van der Waals surface area (Å²) in [6.07, 6.45) is 12.3. The van der Waals surface area contributed by atoms with Crippen LogP contribution >= 0.6 is 11.8 Å². The topological polar surface area (TPSA) is 69.6 Å². The Morgan fingerprint density at radius 1 is 1.00 bits per heavy atom. The minimum atomic E-state index is -1.00. The third-order valence-corrected chi connectivity index (χ3v) is 9.33. The quantitative estimate of drug-likeness (QED) is 0.183. The lowest BCUT2D eigenvalue weighted by Gasteiger charge is -2.33. The zero-order valence-electron chi connectivity index (χ0n) is 26.1. The fourth-order valence-electron chi connectivity index (χ4n) is 6.26. The van der Waals surface area contributed by atoms with Crippen LogP contribution in [0.1, 0.15) is 85.3 Å². The van der Waals surface area contributed by atoms with Gasteiger partial charge in [-0.1, -0.05) is 81.1 Å². The van der Waals surface area contributed by atoms with Crippen molar-refractivity contribution in [3.63, 3.8) is 0 Å². The minimum Gasteiger partial charge on any atom is -0.480 e. The molecule has 1 saturated carbocycles. The van der Waals surface area contributed by atoms with E-state index in [0.29, 0.717) is 23.7 Å². The Bertz CT molecular complexity index is 1350. The van der Waals surface area contributed by atoms with E-state index in [9.17, 15) is 14.7 Å². The lowest BCUT2D eigenvalue weighted by atomic mass is 9.88. The first kappa shape index (κ1) is 32.7. The van der Waals surface area contributed by atoms with E-state index in [1.807, 2.05) is 30.5 Å². The molecule has 230 valence electrons. The Balaban J connectivity index is 1.71. The number of unbranched alkanes of at least 4 members (excludes halogenated alkanes) is 1. The summed E-state index contributed by atoms with van der Waals surface area (Å²) < 4.78 is 0. The van der Waals surface area contributed by atoms with Crippen molar-refractivity contribution >= 4 is 29.3 Å². The number of rotatable bonds is 15. The van der Waals surface area contributed by atoms with Gasteiger partial charge in [-0.15, -0.1) is 0 Å². The van der Waals surface area contributed by atoms with Crippen LogP contribution in [-0.4, -0.2) is 41.6 Å². The molecule has 6 heteroatoms. The Hall–Kier alpha value is -3.25. The molecule has 1 aliphatic rings. The highest BCUT2D eigenvalue weighted by Crippen LogP contribution is 2.32. The van der Waals surface area contributed by atoms with E-state index in [1.165, 1.54) is 56.2 Å². The fraction of sp³-hybridized carbons (Fsp3) is 0.459. The standard InChI is InChI=1S/C37H48N2O3S/c1-4-5-16-30-17-10-12-19-35(30)39(25-28-14-7-6-8-15-28)26-29-20-21-32(33(24-29)31-18-11-9-13-27(31)2)36(40)38-34(37(41)42)22-23-43-3/h9-13,17-21,24,28,34H,4-8,14-16,22-23,25-26H2,1-3H3,(H,38,40)(H,41,42)/t34-/m0/s1. The van der Waals surface area contributed by atoms with Crippen LogP contribution in [0, 0.1) is 12.8 Å². The van der Waals surface area contributed by atoms with Gasteiger partial charge in [0.2, 0.25) is 0 Å². The van der Waals surface area contributed by atoms with Gasteiger partial charge in [0, 0.05) is 24.3 Å². The highest BCUT2D eigenvalue weighted by molar-refractivity contribution is 7.98. The molecule has 1 atom stereocenters. The van der Waals surface area contributed by atoms with Gasteiger partial charge < -0.3 is 15.3 Å². The van der Waals surface area contributed by atoms with Gasteiger partial charge in [-0.05, 0) is 103 Å². The van der Waals surface area contributed by atoms with Crippen molar-refractivity contribution in [1.82, 2.24) is 5.32 Å². The maximum Gasteiger partial charge on any atom is 0.326 e. The predicted molar refractivity (Wildman–Crippen MR) is 181 cm³/mol. The number of aliphatic carboxylic acids is 1. The largest absolute Gasteiger partial charge is 0.480 e. The molecule has 1 fully saturated rings. The van der Waals surface area contributed by atoms with E-state index in [-0.39, 0.29) is 5.91 Å². The summed E-state index contributed by atoms with van der Waals surface area (Å²) >= 11 is 1.58. The molecule has 3 aromatic rings. The molecular weight excluding hydrogens is 552 g/mol. The first-order valence-corrected chi connectivity index (χ1v) is 17.3. The first-order valence-electron chi connectivity index (χ1n) is 16.0. The van der Waals surface area contributed by atoms with Gasteiger partial charge in [-0.2, -0.15) is 11.8 Å². The molecule has 0 aromatic heterocycles. The summed E-state index contributed by atoms with van der Waals surface area (Å²) in [5.74, 6) is -0.000789. The number of carbonyl (C=O) groups is 2. The summed E-state index contributed by atoms with van der Waals surface area (Å²) in [4.78, 5) is 28.1. The SMILES string of the molecule is CCCCc1ccccc1N(Cc1ccc(C(=O)N[C@@H](CCSC)C(=O)O)c(-c2ccccc2C)c1)CC1CCCCC1. The summed E-state index contributed by atoms with van der Waals surface area (Å²) in [5.41, 5.74) is 7.30. The number of anilines is 1. The number of para-hydroxylation sites is 1. The van der Waals surface area contributed by atoms with Crippen LogP contribution in [0.15, 0.2) is 66.7 Å². The normalized spacial score (nSPS) is 14.3. The molecule has 0 bridgehead atoms. The smallest absolute Gasteiger partial charge is 0.326 e. The summed E-state index contributed by atoms with van der Waals surface area (Å²) in [7, 11) is 0. The van der Waals surface area contributed by atoms with Crippen LogP contribution in [0.25, 0.3) is 11.1 Å². The Labute approximate surface area is 262 Å². The van der Waals surface area contributed by atoms with Gasteiger partial charge in [-0.3, -0.25) is 4.79 Å². The van der Waals surface area contributed by atoms with Gasteiger partial charge >= 0.3 is 5.97 Å². The van der Waals surface area contributed by atoms with Crippen molar-refractivity contribution < 1.29 is 14.7 Å². The van der Waals surface area contributed by atoms with Crippen LogP contribution in [0.3, 0.4) is 0 Å². The molecule has 3 aromatic carbocycles. The Morgan fingerprint density at radius 3 is 2.47 bits per heavy atom. The molecular formula is C37H48N2O3S. The van der Waals surface area contributed by atoms with E-state index >= 15 is 0 Å². The number of hydrogen-bond acceptors (Lipinski definition) is 4. The molecule has 0 heterocycles. The van der Waals surface area contributed by atoms with Crippen LogP contribution < -0.4 is 10.2 Å². The van der Waals surface area contributed by atoms with E-state index in [2.05, 4.69) is 66.5 Å². The Kier molecular flexibility index (Phi) is 12.6. The van der Waals surface area contributed by atoms with Crippen LogP contribution in [0.2, 0.25) is 0 Å². The Morgan fingerprint density at radius 2 is 1.74 bits per heavy atom. The number of thioether (sulfide) groups is 1. The summed E-state index contributed by atoms with van der Waals surface area (Å²) in [6.45, 7) is 6.09. The summed E-state index contributed by atoms with van der Waals surface area (Å²) in [5, 5.41) is 12.6. The van der Waals surface area contributed by atoms with E-state index in [1.54, 1.807) is 11.8 Å². The van der Waals surface area contributed by atoms with Gasteiger partial charge in [-0.25, -0.2) is 4.79 Å². The highest BCUT2D eigenvalue weighted by Gasteiger charge is 2.24. The average molecular weight is 601 g/mol. The van der Waals surface area contributed by atoms with Crippen LogP contribution in [0.4, 0.5) is 5.69 Å². The molecule has 1 amide bonds. The molecule has 2 N–H and O–H groups in total.